The number of aliphatic carboxylic acids is 1. The number of carboxylic acid groups (broad SMARTS) is 1. The highest BCUT2D eigenvalue weighted by molar-refractivity contribution is 5.99. The summed E-state index contributed by atoms with van der Waals surface area (Å²) in [5.41, 5.74) is 7.90. The molecule has 0 spiro atoms. The second-order valence-corrected chi connectivity index (χ2v) is 14.7. The number of rotatable bonds is 12. The van der Waals surface area contributed by atoms with Gasteiger partial charge in [0.15, 0.2) is 0 Å². The van der Waals surface area contributed by atoms with E-state index in [0.29, 0.717) is 23.4 Å². The zero-order valence-electron chi connectivity index (χ0n) is 32.6. The summed E-state index contributed by atoms with van der Waals surface area (Å²) in [7, 11) is 0. The summed E-state index contributed by atoms with van der Waals surface area (Å²) in [6, 6.07) is 8.37. The second-order valence-electron chi connectivity index (χ2n) is 14.7. The molecule has 4 rings (SSSR count). The number of aliphatic imine (C=N–C) groups is 1. The van der Waals surface area contributed by atoms with E-state index in [0.717, 1.165) is 10.9 Å². The first-order valence-electron chi connectivity index (χ1n) is 19.0. The van der Waals surface area contributed by atoms with Crippen molar-refractivity contribution in [1.29, 1.82) is 0 Å². The van der Waals surface area contributed by atoms with Gasteiger partial charge in [-0.1, -0.05) is 62.4 Å². The highest BCUT2D eigenvalue weighted by Crippen LogP contribution is 2.20. The lowest BCUT2D eigenvalue weighted by molar-refractivity contribution is -0.141. The van der Waals surface area contributed by atoms with Crippen molar-refractivity contribution in [2.75, 3.05) is 6.54 Å². The fourth-order valence-corrected chi connectivity index (χ4v) is 6.46. The maximum Gasteiger partial charge on any atom is 0.305 e. The maximum absolute atomic E-state index is 14.4. The van der Waals surface area contributed by atoms with Crippen LogP contribution in [0.4, 0.5) is 0 Å². The van der Waals surface area contributed by atoms with Gasteiger partial charge in [0.25, 0.3) is 0 Å². The third-order valence-electron chi connectivity index (χ3n) is 9.40. The van der Waals surface area contributed by atoms with Crippen LogP contribution in [0.25, 0.3) is 10.9 Å². The maximum atomic E-state index is 14.4. The molecule has 0 unspecified atom stereocenters. The average molecular weight is 788 g/mol. The lowest BCUT2D eigenvalue weighted by atomic mass is 10.00. The van der Waals surface area contributed by atoms with E-state index < -0.39 is 84.1 Å². The van der Waals surface area contributed by atoms with E-state index in [1.807, 2.05) is 38.1 Å². The van der Waals surface area contributed by atoms with Gasteiger partial charge in [-0.3, -0.25) is 38.6 Å². The van der Waals surface area contributed by atoms with Gasteiger partial charge in [-0.15, -0.1) is 0 Å². The van der Waals surface area contributed by atoms with E-state index in [2.05, 4.69) is 41.9 Å². The highest BCUT2D eigenvalue weighted by Gasteiger charge is 2.35. The number of H-pyrrole nitrogens is 1. The van der Waals surface area contributed by atoms with Crippen molar-refractivity contribution in [2.24, 2.45) is 16.6 Å². The number of aromatic nitrogens is 1. The number of nitrogens with one attached hydrogen (secondary N) is 7. The SMILES string of the molecule is CC(N)=NCCC[C@@H]1NC(=O)[C@H](CC(C)C)NC(=O)[C@H](CC(=O)O)NC(=O)[C@H](C)NC(=O)[C@H](Cc2ccccc2)NC(=O)[C@H](Cc2c[nH]c3ccccc23)NC1=O. The number of carbonyl (C=O) groups is 7. The van der Waals surface area contributed by atoms with Crippen molar-refractivity contribution in [3.05, 3.63) is 71.9 Å². The van der Waals surface area contributed by atoms with E-state index in [4.69, 9.17) is 5.73 Å². The zero-order chi connectivity index (χ0) is 41.6. The second kappa shape index (κ2) is 20.6. The lowest BCUT2D eigenvalue weighted by Gasteiger charge is -2.29. The molecule has 0 aliphatic carbocycles. The molecule has 17 nitrogen and oxygen atoms in total. The van der Waals surface area contributed by atoms with E-state index in [1.165, 1.54) is 6.92 Å². The monoisotopic (exact) mass is 787 g/mol. The van der Waals surface area contributed by atoms with Crippen molar-refractivity contribution in [3.63, 3.8) is 0 Å². The number of hydrogen-bond acceptors (Lipinski definition) is 8. The van der Waals surface area contributed by atoms with Crippen LogP contribution in [0.5, 0.6) is 0 Å². The summed E-state index contributed by atoms with van der Waals surface area (Å²) in [4.78, 5) is 103. The summed E-state index contributed by atoms with van der Waals surface area (Å²) >= 11 is 0. The zero-order valence-corrected chi connectivity index (χ0v) is 32.6. The molecule has 1 aliphatic heterocycles. The molecule has 2 heterocycles. The van der Waals surface area contributed by atoms with Gasteiger partial charge in [0.2, 0.25) is 35.4 Å². The number of benzene rings is 2. The number of fused-ring (bicyclic) bond motifs is 1. The molecule has 1 aromatic heterocycles. The summed E-state index contributed by atoms with van der Waals surface area (Å²) in [6.45, 7) is 6.81. The molecule has 57 heavy (non-hydrogen) atoms. The number of hydrogen-bond donors (Lipinski definition) is 9. The fourth-order valence-electron chi connectivity index (χ4n) is 6.46. The van der Waals surface area contributed by atoms with Gasteiger partial charge in [-0.05, 0) is 56.2 Å². The molecule has 2 aromatic carbocycles. The van der Waals surface area contributed by atoms with Gasteiger partial charge in [-0.2, -0.15) is 0 Å². The van der Waals surface area contributed by atoms with Gasteiger partial charge in [0.05, 0.1) is 12.3 Å². The van der Waals surface area contributed by atoms with Crippen LogP contribution in [-0.4, -0.2) is 100 Å². The number of carboxylic acids is 1. The molecule has 1 aliphatic rings. The minimum absolute atomic E-state index is 0.00154. The van der Waals surface area contributed by atoms with E-state index in [-0.39, 0.29) is 38.1 Å². The number of aromatic amines is 1. The Balaban J connectivity index is 1.78. The lowest BCUT2D eigenvalue weighted by Crippen LogP contribution is -2.61. The van der Waals surface area contributed by atoms with Gasteiger partial charge in [0, 0.05) is 36.5 Å². The number of amidine groups is 1. The van der Waals surface area contributed by atoms with E-state index >= 15 is 0 Å². The van der Waals surface area contributed by atoms with Crippen LogP contribution >= 0.6 is 0 Å². The van der Waals surface area contributed by atoms with Crippen molar-refractivity contribution in [1.82, 2.24) is 36.9 Å². The molecular formula is C40H53N9O8. The van der Waals surface area contributed by atoms with Crippen LogP contribution in [-0.2, 0) is 46.4 Å². The first-order valence-corrected chi connectivity index (χ1v) is 19.0. The number of carbonyl (C=O) groups excluding carboxylic acids is 6. The molecule has 1 saturated heterocycles. The summed E-state index contributed by atoms with van der Waals surface area (Å²) in [6.07, 6.45) is 1.36. The largest absolute Gasteiger partial charge is 0.481 e. The molecule has 0 saturated carbocycles. The van der Waals surface area contributed by atoms with Crippen LogP contribution < -0.4 is 37.6 Å². The van der Waals surface area contributed by atoms with Gasteiger partial charge in [-0.25, -0.2) is 0 Å². The normalized spacial score (nSPS) is 23.4. The number of para-hydroxylation sites is 1. The van der Waals surface area contributed by atoms with Crippen LogP contribution in [0, 0.1) is 5.92 Å². The number of nitrogens with zero attached hydrogens (tertiary/aromatic N) is 1. The van der Waals surface area contributed by atoms with Gasteiger partial charge >= 0.3 is 5.97 Å². The van der Waals surface area contributed by atoms with Gasteiger partial charge < -0.3 is 47.7 Å². The van der Waals surface area contributed by atoms with Crippen molar-refractivity contribution < 1.29 is 38.7 Å². The van der Waals surface area contributed by atoms with Crippen molar-refractivity contribution in [2.45, 2.75) is 102 Å². The predicted molar refractivity (Wildman–Crippen MR) is 213 cm³/mol. The smallest absolute Gasteiger partial charge is 0.305 e. The Morgan fingerprint density at radius 2 is 1.26 bits per heavy atom. The summed E-state index contributed by atoms with van der Waals surface area (Å²) in [5, 5.41) is 26.3. The van der Waals surface area contributed by atoms with E-state index in [9.17, 15) is 38.7 Å². The Morgan fingerprint density at radius 1 is 0.719 bits per heavy atom. The average Bonchev–Trinajstić information content (AvgIpc) is 3.56. The fraction of sp³-hybridized carbons (Fsp3) is 0.450. The molecule has 3 aromatic rings. The van der Waals surface area contributed by atoms with Crippen LogP contribution in [0.2, 0.25) is 0 Å². The predicted octanol–water partition coefficient (Wildman–Crippen LogP) is 0.574. The number of nitrogens with two attached hydrogens (primary N) is 1. The molecular weight excluding hydrogens is 734 g/mol. The van der Waals surface area contributed by atoms with Crippen LogP contribution in [0.1, 0.15) is 64.5 Å². The molecule has 0 bridgehead atoms. The Kier molecular flexibility index (Phi) is 15.7. The topological polar surface area (TPSA) is 266 Å². The van der Waals surface area contributed by atoms with E-state index in [1.54, 1.807) is 43.5 Å². The first kappa shape index (κ1) is 43.5. The minimum Gasteiger partial charge on any atom is -0.481 e. The van der Waals surface area contributed by atoms with Crippen LogP contribution in [0.15, 0.2) is 65.8 Å². The Labute approximate surface area is 330 Å². The van der Waals surface area contributed by atoms with Crippen LogP contribution in [0.3, 0.4) is 0 Å². The number of amides is 6. The molecule has 6 amide bonds. The third-order valence-corrected chi connectivity index (χ3v) is 9.40. The summed E-state index contributed by atoms with van der Waals surface area (Å²) in [5.74, 6) is -5.95. The highest BCUT2D eigenvalue weighted by atomic mass is 16.4. The summed E-state index contributed by atoms with van der Waals surface area (Å²) < 4.78 is 0. The first-order chi connectivity index (χ1) is 27.1. The molecule has 0 radical (unpaired) electrons. The van der Waals surface area contributed by atoms with Crippen molar-refractivity contribution >= 4 is 58.2 Å². The molecule has 306 valence electrons. The molecule has 17 heteroatoms. The minimum atomic E-state index is -1.63. The Hall–Kier alpha value is -6.26. The Bertz CT molecular complexity index is 1940. The van der Waals surface area contributed by atoms with Crippen molar-refractivity contribution in [3.8, 4) is 0 Å². The molecule has 6 atom stereocenters. The third kappa shape index (κ3) is 13.2. The van der Waals surface area contributed by atoms with Gasteiger partial charge in [0.1, 0.15) is 36.3 Å². The standard InChI is InChI=1S/C40H53N9O8/c1-22(2)17-30-38(55)45-29(15-10-16-42-24(4)41)36(53)49-32(19-26-21-43-28-14-9-8-13-27(26)28)39(56)48-31(18-25-11-6-5-7-12-25)37(54)44-23(3)35(52)46-33(20-34(50)51)40(57)47-30/h5-9,11-14,21-23,29-33,43H,10,15-20H2,1-4H3,(H2,41,42)(H,44,54)(H,45,55)(H,46,52)(H,47,57)(H,48,56)(H,49,53)(H,50,51)/t23-,29-,30-,31-,32-,33-/m0/s1. The Morgan fingerprint density at radius 3 is 1.93 bits per heavy atom. The quantitative estimate of drug-likeness (QED) is 0.0705. The molecule has 1 fully saturated rings. The molecule has 10 N–H and O–H groups in total.